The van der Waals surface area contributed by atoms with Crippen molar-refractivity contribution in [2.45, 2.75) is 6.42 Å². The van der Waals surface area contributed by atoms with E-state index in [9.17, 15) is 0 Å². The standard InChI is InChI=1S/C9H12NS/c11-8-4-7-10-9-5-2-1-3-6-9/h2-3,5-6,10-11H,4,7-8H2. The van der Waals surface area contributed by atoms with E-state index >= 15 is 0 Å². The van der Waals surface area contributed by atoms with Crippen LogP contribution in [-0.4, -0.2) is 12.3 Å². The zero-order valence-electron chi connectivity index (χ0n) is 6.38. The first-order valence-electron chi connectivity index (χ1n) is 3.74. The van der Waals surface area contributed by atoms with Crippen molar-refractivity contribution in [3.8, 4) is 0 Å². The summed E-state index contributed by atoms with van der Waals surface area (Å²) in [5.41, 5.74) is 1.16. The fourth-order valence-electron chi connectivity index (χ4n) is 0.817. The molecule has 0 spiro atoms. The minimum absolute atomic E-state index is 0.936. The summed E-state index contributed by atoms with van der Waals surface area (Å²) in [6.07, 6.45) is 1.10. The zero-order valence-corrected chi connectivity index (χ0v) is 7.27. The van der Waals surface area contributed by atoms with Crippen molar-refractivity contribution < 1.29 is 0 Å². The predicted octanol–water partition coefficient (Wildman–Crippen LogP) is 2.22. The Bertz CT molecular complexity index is 186. The monoisotopic (exact) mass is 166 g/mol. The molecule has 0 heterocycles. The Balaban J connectivity index is 2.28. The first kappa shape index (κ1) is 8.47. The third kappa shape index (κ3) is 3.33. The Hall–Kier alpha value is -0.630. The van der Waals surface area contributed by atoms with E-state index in [0.29, 0.717) is 0 Å². The van der Waals surface area contributed by atoms with Gasteiger partial charge in [0.1, 0.15) is 0 Å². The van der Waals surface area contributed by atoms with E-state index in [2.05, 4.69) is 24.0 Å². The highest BCUT2D eigenvalue weighted by atomic mass is 32.1. The quantitative estimate of drug-likeness (QED) is 0.516. The van der Waals surface area contributed by atoms with E-state index in [1.54, 1.807) is 0 Å². The summed E-state index contributed by atoms with van der Waals surface area (Å²) in [7, 11) is 0. The van der Waals surface area contributed by atoms with Gasteiger partial charge in [-0.25, -0.2) is 0 Å². The maximum atomic E-state index is 4.12. The molecule has 0 amide bonds. The van der Waals surface area contributed by atoms with Crippen molar-refractivity contribution in [1.82, 2.24) is 0 Å². The molecule has 1 radical (unpaired) electrons. The van der Waals surface area contributed by atoms with Crippen molar-refractivity contribution >= 4 is 18.3 Å². The largest absolute Gasteiger partial charge is 0.385 e. The van der Waals surface area contributed by atoms with Gasteiger partial charge < -0.3 is 5.32 Å². The van der Waals surface area contributed by atoms with E-state index in [4.69, 9.17) is 0 Å². The van der Waals surface area contributed by atoms with Crippen LogP contribution < -0.4 is 5.32 Å². The van der Waals surface area contributed by atoms with E-state index in [1.165, 1.54) is 0 Å². The van der Waals surface area contributed by atoms with Crippen LogP contribution >= 0.6 is 12.6 Å². The van der Waals surface area contributed by atoms with E-state index in [-0.39, 0.29) is 0 Å². The van der Waals surface area contributed by atoms with Gasteiger partial charge in [-0.3, -0.25) is 0 Å². The van der Waals surface area contributed by atoms with E-state index < -0.39 is 0 Å². The Morgan fingerprint density at radius 1 is 1.36 bits per heavy atom. The van der Waals surface area contributed by atoms with Crippen LogP contribution in [-0.2, 0) is 0 Å². The molecule has 0 atom stereocenters. The van der Waals surface area contributed by atoms with Gasteiger partial charge in [0.05, 0.1) is 0 Å². The molecule has 1 nitrogen and oxygen atoms in total. The minimum atomic E-state index is 0.936. The molecule has 11 heavy (non-hydrogen) atoms. The Morgan fingerprint density at radius 3 is 2.73 bits per heavy atom. The van der Waals surface area contributed by atoms with Crippen molar-refractivity contribution in [2.24, 2.45) is 0 Å². The molecule has 0 aliphatic heterocycles. The molecule has 2 heteroatoms. The Labute approximate surface area is 73.2 Å². The molecule has 1 N–H and O–H groups in total. The third-order valence-electron chi connectivity index (χ3n) is 1.38. The van der Waals surface area contributed by atoms with Gasteiger partial charge in [-0.2, -0.15) is 12.6 Å². The predicted molar refractivity (Wildman–Crippen MR) is 52.2 cm³/mol. The van der Waals surface area contributed by atoms with Crippen molar-refractivity contribution in [2.75, 3.05) is 17.6 Å². The Morgan fingerprint density at radius 2 is 2.09 bits per heavy atom. The molecule has 1 rings (SSSR count). The first-order chi connectivity index (χ1) is 5.43. The molecule has 0 saturated carbocycles. The fraction of sp³-hybridized carbons (Fsp3) is 0.333. The summed E-state index contributed by atoms with van der Waals surface area (Å²) in [6, 6.07) is 10.8. The summed E-state index contributed by atoms with van der Waals surface area (Å²) in [6.45, 7) is 0.994. The highest BCUT2D eigenvalue weighted by Crippen LogP contribution is 2.03. The number of thiol groups is 1. The van der Waals surface area contributed by atoms with Crippen LogP contribution in [0.3, 0.4) is 0 Å². The summed E-state index contributed by atoms with van der Waals surface area (Å²) < 4.78 is 0. The molecular weight excluding hydrogens is 154 g/mol. The van der Waals surface area contributed by atoms with Crippen LogP contribution in [0.4, 0.5) is 5.69 Å². The molecule has 59 valence electrons. The highest BCUT2D eigenvalue weighted by molar-refractivity contribution is 7.80. The van der Waals surface area contributed by atoms with Gasteiger partial charge in [0.25, 0.3) is 0 Å². The molecule has 0 bridgehead atoms. The van der Waals surface area contributed by atoms with Gasteiger partial charge in [0.15, 0.2) is 0 Å². The number of nitrogens with one attached hydrogen (secondary N) is 1. The smallest absolute Gasteiger partial charge is 0.0340 e. The maximum absolute atomic E-state index is 4.12. The minimum Gasteiger partial charge on any atom is -0.385 e. The van der Waals surface area contributed by atoms with Gasteiger partial charge in [-0.05, 0) is 30.4 Å². The second kappa shape index (κ2) is 5.08. The first-order valence-corrected chi connectivity index (χ1v) is 4.37. The van der Waals surface area contributed by atoms with E-state index in [1.807, 2.05) is 24.3 Å². The lowest BCUT2D eigenvalue weighted by Crippen LogP contribution is -2.01. The normalized spacial score (nSPS) is 9.55. The summed E-state index contributed by atoms with van der Waals surface area (Å²) >= 11 is 4.12. The second-order valence-electron chi connectivity index (χ2n) is 2.29. The van der Waals surface area contributed by atoms with Crippen LogP contribution in [0.1, 0.15) is 6.42 Å². The van der Waals surface area contributed by atoms with Gasteiger partial charge in [-0.1, -0.05) is 12.1 Å². The average Bonchev–Trinajstić information content (AvgIpc) is 2.07. The van der Waals surface area contributed by atoms with Crippen LogP contribution in [0.15, 0.2) is 24.3 Å². The SMILES string of the molecule is SCCCNc1cc[c]cc1. The molecule has 0 aliphatic carbocycles. The second-order valence-corrected chi connectivity index (χ2v) is 2.74. The lowest BCUT2D eigenvalue weighted by Gasteiger charge is -2.03. The number of hydrogen-bond acceptors (Lipinski definition) is 2. The molecule has 0 aliphatic rings. The third-order valence-corrected chi connectivity index (χ3v) is 1.70. The molecule has 0 aromatic heterocycles. The number of benzene rings is 1. The topological polar surface area (TPSA) is 12.0 Å². The van der Waals surface area contributed by atoms with Crippen molar-refractivity contribution in [3.05, 3.63) is 30.3 Å². The summed E-state index contributed by atoms with van der Waals surface area (Å²) in [5.74, 6) is 0.936. The van der Waals surface area contributed by atoms with Gasteiger partial charge >= 0.3 is 0 Å². The summed E-state index contributed by atoms with van der Waals surface area (Å²) in [4.78, 5) is 0. The molecule has 1 aromatic carbocycles. The lowest BCUT2D eigenvalue weighted by molar-refractivity contribution is 0.995. The summed E-state index contributed by atoms with van der Waals surface area (Å²) in [5, 5.41) is 3.28. The van der Waals surface area contributed by atoms with Gasteiger partial charge in [0.2, 0.25) is 0 Å². The number of rotatable bonds is 4. The lowest BCUT2D eigenvalue weighted by atomic mass is 10.3. The van der Waals surface area contributed by atoms with Gasteiger partial charge in [0, 0.05) is 12.2 Å². The molecule has 0 unspecified atom stereocenters. The fourth-order valence-corrected chi connectivity index (χ4v) is 0.975. The number of anilines is 1. The Kier molecular flexibility index (Phi) is 3.91. The van der Waals surface area contributed by atoms with Crippen molar-refractivity contribution in [3.63, 3.8) is 0 Å². The van der Waals surface area contributed by atoms with Crippen LogP contribution in [0.25, 0.3) is 0 Å². The highest BCUT2D eigenvalue weighted by Gasteiger charge is 1.86. The number of hydrogen-bond donors (Lipinski definition) is 2. The van der Waals surface area contributed by atoms with Gasteiger partial charge in [-0.15, -0.1) is 0 Å². The van der Waals surface area contributed by atoms with E-state index in [0.717, 1.165) is 24.4 Å². The van der Waals surface area contributed by atoms with Crippen LogP contribution in [0.2, 0.25) is 0 Å². The average molecular weight is 166 g/mol. The van der Waals surface area contributed by atoms with Crippen molar-refractivity contribution in [1.29, 1.82) is 0 Å². The molecule has 0 fully saturated rings. The molecule has 1 aromatic rings. The van der Waals surface area contributed by atoms with Crippen LogP contribution in [0.5, 0.6) is 0 Å². The molecule has 0 saturated heterocycles. The molecular formula is C9H12NS. The van der Waals surface area contributed by atoms with Crippen LogP contribution in [0, 0.1) is 6.07 Å². The zero-order chi connectivity index (χ0) is 7.94. The maximum Gasteiger partial charge on any atom is 0.0340 e.